The number of methoxy groups -OCH3 is 1. The molecule has 2 aromatic heterocycles. The van der Waals surface area contributed by atoms with E-state index in [-0.39, 0.29) is 18.2 Å². The van der Waals surface area contributed by atoms with Gasteiger partial charge in [0.1, 0.15) is 17.0 Å². The maximum absolute atomic E-state index is 13.1. The summed E-state index contributed by atoms with van der Waals surface area (Å²) in [5, 5.41) is 10.9. The average molecular weight is 417 g/mol. The van der Waals surface area contributed by atoms with Crippen LogP contribution in [0.2, 0.25) is 0 Å². The molecule has 2 amide bonds. The lowest BCUT2D eigenvalue weighted by molar-refractivity contribution is -0.125. The van der Waals surface area contributed by atoms with Crippen molar-refractivity contribution in [1.29, 1.82) is 0 Å². The number of nitrogens with zero attached hydrogens (tertiary/aromatic N) is 3. The molecule has 6 rings (SSSR count). The first-order valence-corrected chi connectivity index (χ1v) is 10.2. The Morgan fingerprint density at radius 1 is 1.13 bits per heavy atom. The van der Waals surface area contributed by atoms with Gasteiger partial charge in [-0.05, 0) is 29.8 Å². The molecule has 0 radical (unpaired) electrons. The molecule has 0 bridgehead atoms. The van der Waals surface area contributed by atoms with E-state index in [0.29, 0.717) is 16.5 Å². The number of rotatable bonds is 2. The Hall–Kier alpha value is -3.72. The zero-order chi connectivity index (χ0) is 20.5. The molecule has 8 nitrogen and oxygen atoms in total. The van der Waals surface area contributed by atoms with Crippen LogP contribution >= 0.6 is 11.3 Å². The molecule has 4 heterocycles. The number of thiazole rings is 1. The summed E-state index contributed by atoms with van der Waals surface area (Å²) in [5.41, 5.74) is 1.90. The van der Waals surface area contributed by atoms with E-state index in [1.807, 2.05) is 42.5 Å². The highest BCUT2D eigenvalue weighted by Gasteiger charge is 2.54. The van der Waals surface area contributed by atoms with Crippen LogP contribution in [0.5, 0.6) is 5.75 Å². The van der Waals surface area contributed by atoms with E-state index in [0.717, 1.165) is 27.2 Å². The Morgan fingerprint density at radius 2 is 2.00 bits per heavy atom. The summed E-state index contributed by atoms with van der Waals surface area (Å²) in [7, 11) is 1.62. The highest BCUT2D eigenvalue weighted by molar-refractivity contribution is 7.20. The van der Waals surface area contributed by atoms with Gasteiger partial charge in [0.25, 0.3) is 0 Å². The van der Waals surface area contributed by atoms with E-state index >= 15 is 0 Å². The maximum Gasteiger partial charge on any atom is 0.240 e. The fourth-order valence-electron chi connectivity index (χ4n) is 4.31. The second kappa shape index (κ2) is 5.90. The summed E-state index contributed by atoms with van der Waals surface area (Å²) in [4.78, 5) is 30.5. The minimum atomic E-state index is -1.09. The number of hydrogen-bond acceptors (Lipinski definition) is 6. The molecule has 2 N–H and O–H groups in total. The van der Waals surface area contributed by atoms with Crippen molar-refractivity contribution in [2.45, 2.75) is 11.8 Å². The van der Waals surface area contributed by atoms with E-state index in [4.69, 9.17) is 4.74 Å². The number of amides is 2. The SMILES string of the molecule is COc1ccc2nc(-n3ncc4c3NC(=O)C[C@@]43C(=O)Nc4ccccc43)sc2c1. The van der Waals surface area contributed by atoms with Crippen LogP contribution in [0.25, 0.3) is 15.3 Å². The number of carbonyl (C=O) groups is 2. The number of carbonyl (C=O) groups excluding carboxylic acids is 2. The molecular formula is C21H15N5O3S. The van der Waals surface area contributed by atoms with Gasteiger partial charge in [0.15, 0.2) is 0 Å². The largest absolute Gasteiger partial charge is 0.497 e. The summed E-state index contributed by atoms with van der Waals surface area (Å²) >= 11 is 1.43. The first kappa shape index (κ1) is 17.2. The molecule has 2 aromatic carbocycles. The van der Waals surface area contributed by atoms with Gasteiger partial charge < -0.3 is 15.4 Å². The smallest absolute Gasteiger partial charge is 0.240 e. The van der Waals surface area contributed by atoms with Crippen LogP contribution < -0.4 is 15.4 Å². The number of ether oxygens (including phenoxy) is 1. The van der Waals surface area contributed by atoms with Gasteiger partial charge in [0.2, 0.25) is 16.9 Å². The number of hydrogen-bond donors (Lipinski definition) is 2. The van der Waals surface area contributed by atoms with Crippen LogP contribution in [0.15, 0.2) is 48.7 Å². The minimum Gasteiger partial charge on any atom is -0.497 e. The van der Waals surface area contributed by atoms with Crippen LogP contribution in [0.1, 0.15) is 17.5 Å². The number of anilines is 2. The van der Waals surface area contributed by atoms with Crippen LogP contribution in [0.3, 0.4) is 0 Å². The summed E-state index contributed by atoms with van der Waals surface area (Å²) in [6.07, 6.45) is 1.69. The Bertz CT molecular complexity index is 1370. The monoisotopic (exact) mass is 417 g/mol. The van der Waals surface area contributed by atoms with Gasteiger partial charge in [0, 0.05) is 17.7 Å². The number of para-hydroxylation sites is 1. The number of fused-ring (bicyclic) bond motifs is 5. The molecule has 1 spiro atoms. The van der Waals surface area contributed by atoms with Crippen molar-refractivity contribution >= 4 is 44.9 Å². The van der Waals surface area contributed by atoms with Crippen molar-refractivity contribution in [3.8, 4) is 10.9 Å². The third-order valence-corrected chi connectivity index (χ3v) is 6.69. The molecule has 148 valence electrons. The third kappa shape index (κ3) is 2.15. The molecule has 0 unspecified atom stereocenters. The first-order chi connectivity index (χ1) is 14.6. The van der Waals surface area contributed by atoms with Gasteiger partial charge in [-0.2, -0.15) is 9.78 Å². The van der Waals surface area contributed by atoms with Gasteiger partial charge >= 0.3 is 0 Å². The molecule has 30 heavy (non-hydrogen) atoms. The second-order valence-electron chi connectivity index (χ2n) is 7.28. The zero-order valence-corrected chi connectivity index (χ0v) is 16.6. The fourth-order valence-corrected chi connectivity index (χ4v) is 5.27. The van der Waals surface area contributed by atoms with Crippen LogP contribution in [-0.4, -0.2) is 33.7 Å². The Balaban J connectivity index is 1.56. The van der Waals surface area contributed by atoms with Gasteiger partial charge in [0.05, 0.1) is 23.5 Å². The maximum atomic E-state index is 13.1. The lowest BCUT2D eigenvalue weighted by atomic mass is 9.72. The Labute approximate surface area is 174 Å². The number of aromatic nitrogens is 3. The molecule has 0 aliphatic carbocycles. The van der Waals surface area contributed by atoms with Crippen molar-refractivity contribution in [1.82, 2.24) is 14.8 Å². The van der Waals surface area contributed by atoms with Crippen molar-refractivity contribution in [2.24, 2.45) is 0 Å². The predicted octanol–water partition coefficient (Wildman–Crippen LogP) is 3.07. The van der Waals surface area contributed by atoms with E-state index in [1.54, 1.807) is 18.0 Å². The summed E-state index contributed by atoms with van der Waals surface area (Å²) in [5.74, 6) is 0.767. The molecule has 2 aliphatic rings. The molecule has 4 aromatic rings. The van der Waals surface area contributed by atoms with Crippen molar-refractivity contribution in [3.63, 3.8) is 0 Å². The minimum absolute atomic E-state index is 0.0333. The molecule has 1 atom stereocenters. The lowest BCUT2D eigenvalue weighted by Crippen LogP contribution is -2.43. The molecular weight excluding hydrogens is 402 g/mol. The second-order valence-corrected chi connectivity index (χ2v) is 8.29. The summed E-state index contributed by atoms with van der Waals surface area (Å²) in [6, 6.07) is 13.1. The topological polar surface area (TPSA) is 98.1 Å². The highest BCUT2D eigenvalue weighted by atomic mass is 32.1. The third-order valence-electron chi connectivity index (χ3n) is 5.70. The van der Waals surface area contributed by atoms with Gasteiger partial charge in [-0.25, -0.2) is 4.98 Å². The normalized spacial score (nSPS) is 19.5. The van der Waals surface area contributed by atoms with E-state index in [1.165, 1.54) is 11.3 Å². The van der Waals surface area contributed by atoms with Gasteiger partial charge in [-0.3, -0.25) is 9.59 Å². The first-order valence-electron chi connectivity index (χ1n) is 9.34. The number of benzene rings is 2. The van der Waals surface area contributed by atoms with Gasteiger partial charge in [-0.1, -0.05) is 29.5 Å². The fraction of sp³-hybridized carbons (Fsp3) is 0.143. The average Bonchev–Trinajstić information content (AvgIpc) is 3.42. The highest BCUT2D eigenvalue weighted by Crippen LogP contribution is 2.50. The van der Waals surface area contributed by atoms with Crippen LogP contribution in [-0.2, 0) is 15.0 Å². The zero-order valence-electron chi connectivity index (χ0n) is 15.8. The van der Waals surface area contributed by atoms with Crippen molar-refractivity contribution in [3.05, 3.63) is 59.8 Å². The van der Waals surface area contributed by atoms with Crippen molar-refractivity contribution < 1.29 is 14.3 Å². The number of nitrogens with one attached hydrogen (secondary N) is 2. The van der Waals surface area contributed by atoms with Crippen LogP contribution in [0, 0.1) is 0 Å². The van der Waals surface area contributed by atoms with Crippen molar-refractivity contribution in [2.75, 3.05) is 17.7 Å². The molecule has 9 heteroatoms. The quantitative estimate of drug-likeness (QED) is 0.522. The predicted molar refractivity (Wildman–Crippen MR) is 112 cm³/mol. The molecule has 0 saturated heterocycles. The van der Waals surface area contributed by atoms with E-state index < -0.39 is 5.41 Å². The molecule has 0 saturated carbocycles. The lowest BCUT2D eigenvalue weighted by Gasteiger charge is -2.31. The Kier molecular flexibility index (Phi) is 3.37. The molecule has 0 fully saturated rings. The van der Waals surface area contributed by atoms with Crippen LogP contribution in [0.4, 0.5) is 11.5 Å². The standard InChI is InChI=1S/C21H15N5O3S/c1-29-11-6-7-15-16(8-11)30-20(24-15)26-18-13(10-22-26)21(9-17(27)25-18)12-4-2-3-5-14(12)23-19(21)28/h2-8,10H,9H2,1H3,(H,23,28)(H,25,27)/t21-/m0/s1. The van der Waals surface area contributed by atoms with E-state index in [9.17, 15) is 9.59 Å². The van der Waals surface area contributed by atoms with Gasteiger partial charge in [-0.15, -0.1) is 0 Å². The summed E-state index contributed by atoms with van der Waals surface area (Å²) in [6.45, 7) is 0. The molecule has 2 aliphatic heterocycles. The summed E-state index contributed by atoms with van der Waals surface area (Å²) < 4.78 is 7.83. The van der Waals surface area contributed by atoms with E-state index in [2.05, 4.69) is 20.7 Å². The Morgan fingerprint density at radius 3 is 2.87 bits per heavy atom.